The second-order valence-corrected chi connectivity index (χ2v) is 6.05. The van der Waals surface area contributed by atoms with Crippen LogP contribution in [0.15, 0.2) is 66.7 Å². The molecule has 0 fully saturated rings. The van der Waals surface area contributed by atoms with Crippen LogP contribution in [-0.4, -0.2) is 28.4 Å². The summed E-state index contributed by atoms with van der Waals surface area (Å²) < 4.78 is 0. The molecule has 3 N–H and O–H groups in total. The number of carbonyl (C=O) groups excluding carboxylic acids is 2. The van der Waals surface area contributed by atoms with Crippen LogP contribution in [-0.2, 0) is 9.59 Å². The lowest BCUT2D eigenvalue weighted by Crippen LogP contribution is -2.37. The molecule has 0 aromatic heterocycles. The molecule has 1 atom stereocenters. The van der Waals surface area contributed by atoms with Gasteiger partial charge in [0.1, 0.15) is 0 Å². The van der Waals surface area contributed by atoms with Crippen molar-refractivity contribution < 1.29 is 19.6 Å². The van der Waals surface area contributed by atoms with Gasteiger partial charge in [-0.2, -0.15) is 0 Å². The van der Waals surface area contributed by atoms with Crippen molar-refractivity contribution in [3.05, 3.63) is 82.4 Å². The number of nitrogens with zero attached hydrogens (tertiary/aromatic N) is 1. The van der Waals surface area contributed by atoms with E-state index in [1.54, 1.807) is 6.07 Å². The van der Waals surface area contributed by atoms with Gasteiger partial charge in [-0.3, -0.25) is 19.7 Å². The smallest absolute Gasteiger partial charge is 0.313 e. The third-order valence-electron chi connectivity index (χ3n) is 4.18. The van der Waals surface area contributed by atoms with Gasteiger partial charge < -0.3 is 15.7 Å². The highest BCUT2D eigenvalue weighted by molar-refractivity contribution is 6.39. The van der Waals surface area contributed by atoms with Gasteiger partial charge in [0.25, 0.3) is 5.69 Å². The molecule has 0 bridgehead atoms. The first kappa shape index (κ1) is 19.0. The number of aliphatic hydroxyl groups excluding tert-OH is 1. The summed E-state index contributed by atoms with van der Waals surface area (Å²) >= 11 is 0. The van der Waals surface area contributed by atoms with Crippen molar-refractivity contribution in [2.75, 3.05) is 11.9 Å². The van der Waals surface area contributed by atoms with Crippen molar-refractivity contribution in [1.82, 2.24) is 5.32 Å². The zero-order valence-electron chi connectivity index (χ0n) is 14.7. The molecule has 3 rings (SSSR count). The summed E-state index contributed by atoms with van der Waals surface area (Å²) in [6.45, 7) is -0.138. The Hall–Kier alpha value is -3.78. The number of amides is 2. The topological polar surface area (TPSA) is 122 Å². The molecule has 2 amide bonds. The van der Waals surface area contributed by atoms with Gasteiger partial charge in [0, 0.05) is 24.4 Å². The van der Waals surface area contributed by atoms with Crippen LogP contribution in [0.3, 0.4) is 0 Å². The van der Waals surface area contributed by atoms with Gasteiger partial charge in [-0.05, 0) is 28.5 Å². The largest absolute Gasteiger partial charge is 0.387 e. The molecule has 28 heavy (non-hydrogen) atoms. The van der Waals surface area contributed by atoms with Crippen LogP contribution in [0.1, 0.15) is 11.7 Å². The highest BCUT2D eigenvalue weighted by Gasteiger charge is 2.17. The molecule has 3 aromatic rings. The molecule has 8 heteroatoms. The highest BCUT2D eigenvalue weighted by Crippen LogP contribution is 2.23. The maximum absolute atomic E-state index is 12.0. The first-order valence-corrected chi connectivity index (χ1v) is 8.45. The number of hydrogen-bond acceptors (Lipinski definition) is 5. The number of non-ortho nitro benzene ring substituents is 1. The third kappa shape index (κ3) is 4.30. The second kappa shape index (κ2) is 8.28. The summed E-state index contributed by atoms with van der Waals surface area (Å²) in [6.07, 6.45) is -0.984. The van der Waals surface area contributed by atoms with E-state index in [1.165, 1.54) is 24.3 Å². The first-order valence-electron chi connectivity index (χ1n) is 8.45. The van der Waals surface area contributed by atoms with Crippen LogP contribution >= 0.6 is 0 Å². The minimum atomic E-state index is -0.984. The van der Waals surface area contributed by atoms with Gasteiger partial charge in [0.15, 0.2) is 0 Å². The van der Waals surface area contributed by atoms with E-state index >= 15 is 0 Å². The van der Waals surface area contributed by atoms with E-state index in [2.05, 4.69) is 10.6 Å². The van der Waals surface area contributed by atoms with Crippen molar-refractivity contribution in [1.29, 1.82) is 0 Å². The molecule has 0 aliphatic heterocycles. The second-order valence-electron chi connectivity index (χ2n) is 6.05. The summed E-state index contributed by atoms with van der Waals surface area (Å²) in [4.78, 5) is 34.0. The third-order valence-corrected chi connectivity index (χ3v) is 4.18. The van der Waals surface area contributed by atoms with Gasteiger partial charge in [0.05, 0.1) is 11.0 Å². The Morgan fingerprint density at radius 3 is 2.36 bits per heavy atom. The van der Waals surface area contributed by atoms with Gasteiger partial charge in [-0.15, -0.1) is 0 Å². The van der Waals surface area contributed by atoms with E-state index in [0.717, 1.165) is 10.8 Å². The molecule has 3 aromatic carbocycles. The van der Waals surface area contributed by atoms with Gasteiger partial charge in [-0.25, -0.2) is 0 Å². The number of hydrogen-bond donors (Lipinski definition) is 3. The fourth-order valence-electron chi connectivity index (χ4n) is 2.77. The summed E-state index contributed by atoms with van der Waals surface area (Å²) in [5, 5.41) is 27.6. The van der Waals surface area contributed by atoms with Crippen LogP contribution in [0.25, 0.3) is 10.8 Å². The Morgan fingerprint density at radius 1 is 0.964 bits per heavy atom. The van der Waals surface area contributed by atoms with Crippen LogP contribution < -0.4 is 10.6 Å². The lowest BCUT2D eigenvalue weighted by molar-refractivity contribution is -0.384. The number of carbonyl (C=O) groups is 2. The minimum Gasteiger partial charge on any atom is -0.387 e. The number of nitro benzene ring substituents is 1. The van der Waals surface area contributed by atoms with Crippen molar-refractivity contribution in [3.8, 4) is 0 Å². The average molecular weight is 379 g/mol. The van der Waals surface area contributed by atoms with Gasteiger partial charge in [0.2, 0.25) is 0 Å². The van der Waals surface area contributed by atoms with Gasteiger partial charge >= 0.3 is 11.8 Å². The molecule has 0 spiro atoms. The fraction of sp³-hybridized carbons (Fsp3) is 0.100. The SMILES string of the molecule is O=C(NCC(O)c1cccc2ccccc12)C(=O)Nc1ccc([N+](=O)[O-])cc1. The monoisotopic (exact) mass is 379 g/mol. The first-order chi connectivity index (χ1) is 13.5. The number of nitrogens with one attached hydrogen (secondary N) is 2. The summed E-state index contributed by atoms with van der Waals surface area (Å²) in [6, 6.07) is 18.1. The molecule has 1 unspecified atom stereocenters. The number of aliphatic hydroxyl groups is 1. The molecule has 142 valence electrons. The Kier molecular flexibility index (Phi) is 5.61. The molecule has 0 aliphatic carbocycles. The summed E-state index contributed by atoms with van der Waals surface area (Å²) in [5.41, 5.74) is 0.773. The molecule has 8 nitrogen and oxygen atoms in total. The molecule has 0 saturated carbocycles. The Balaban J connectivity index is 1.59. The zero-order valence-corrected chi connectivity index (χ0v) is 14.7. The van der Waals surface area contributed by atoms with E-state index in [9.17, 15) is 24.8 Å². The number of fused-ring (bicyclic) bond motifs is 1. The normalized spacial score (nSPS) is 11.6. The minimum absolute atomic E-state index is 0.124. The standard InChI is InChI=1S/C20H17N3O5/c24-18(17-7-3-5-13-4-1-2-6-16(13)17)12-21-19(25)20(26)22-14-8-10-15(11-9-14)23(27)28/h1-11,18,24H,12H2,(H,21,25)(H,22,26). The van der Waals surface area contributed by atoms with E-state index in [1.807, 2.05) is 36.4 Å². The van der Waals surface area contributed by atoms with Gasteiger partial charge in [-0.1, -0.05) is 42.5 Å². The number of benzene rings is 3. The predicted molar refractivity (Wildman–Crippen MR) is 104 cm³/mol. The van der Waals surface area contributed by atoms with Crippen molar-refractivity contribution in [3.63, 3.8) is 0 Å². The van der Waals surface area contributed by atoms with E-state index in [-0.39, 0.29) is 17.9 Å². The lowest BCUT2D eigenvalue weighted by atomic mass is 10.0. The maximum atomic E-state index is 12.0. The highest BCUT2D eigenvalue weighted by atomic mass is 16.6. The number of nitro groups is 1. The van der Waals surface area contributed by atoms with Crippen LogP contribution in [0.4, 0.5) is 11.4 Å². The van der Waals surface area contributed by atoms with Crippen molar-refractivity contribution >= 4 is 34.0 Å². The van der Waals surface area contributed by atoms with Crippen molar-refractivity contribution in [2.24, 2.45) is 0 Å². The zero-order chi connectivity index (χ0) is 20.1. The lowest BCUT2D eigenvalue weighted by Gasteiger charge is -2.14. The van der Waals surface area contributed by atoms with E-state index in [0.29, 0.717) is 5.56 Å². The quantitative estimate of drug-likeness (QED) is 0.357. The predicted octanol–water partition coefficient (Wildman–Crippen LogP) is 2.54. The van der Waals surface area contributed by atoms with Crippen LogP contribution in [0.2, 0.25) is 0 Å². The molecule has 0 saturated heterocycles. The summed E-state index contributed by atoms with van der Waals surface area (Å²) in [7, 11) is 0. The van der Waals surface area contributed by atoms with E-state index < -0.39 is 22.8 Å². The molecule has 0 aliphatic rings. The van der Waals surface area contributed by atoms with E-state index in [4.69, 9.17) is 0 Å². The molecule has 0 heterocycles. The Bertz CT molecular complexity index is 1030. The molecular weight excluding hydrogens is 362 g/mol. The molecule has 0 radical (unpaired) electrons. The van der Waals surface area contributed by atoms with Crippen LogP contribution in [0.5, 0.6) is 0 Å². The number of rotatable bonds is 5. The van der Waals surface area contributed by atoms with Crippen molar-refractivity contribution in [2.45, 2.75) is 6.10 Å². The fourth-order valence-corrected chi connectivity index (χ4v) is 2.77. The Labute approximate surface area is 159 Å². The Morgan fingerprint density at radius 2 is 1.64 bits per heavy atom. The average Bonchev–Trinajstić information content (AvgIpc) is 2.71. The molecular formula is C20H17N3O5. The van der Waals surface area contributed by atoms with Crippen LogP contribution in [0, 0.1) is 10.1 Å². The summed E-state index contributed by atoms with van der Waals surface area (Å²) in [5.74, 6) is -1.85. The number of anilines is 1. The maximum Gasteiger partial charge on any atom is 0.313 e.